The van der Waals surface area contributed by atoms with Crippen molar-refractivity contribution in [2.75, 3.05) is 53.6 Å². The van der Waals surface area contributed by atoms with Crippen LogP contribution in [0.5, 0.6) is 11.5 Å². The number of benzene rings is 1. The third kappa shape index (κ3) is 3.49. The van der Waals surface area contributed by atoms with Crippen LogP contribution in [0.2, 0.25) is 5.02 Å². The van der Waals surface area contributed by atoms with Gasteiger partial charge in [0.15, 0.2) is 11.5 Å². The molecule has 0 amide bonds. The maximum atomic E-state index is 9.88. The first-order valence-corrected chi connectivity index (χ1v) is 8.01. The number of hydrogen-bond donors (Lipinski definition) is 1. The lowest BCUT2D eigenvalue weighted by molar-refractivity contribution is 0.0671. The van der Waals surface area contributed by atoms with Crippen LogP contribution >= 0.6 is 11.6 Å². The summed E-state index contributed by atoms with van der Waals surface area (Å²) in [6.07, 6.45) is 0. The van der Waals surface area contributed by atoms with E-state index in [-0.39, 0.29) is 12.6 Å². The summed E-state index contributed by atoms with van der Waals surface area (Å²) in [5.74, 6) is 1.12. The quantitative estimate of drug-likeness (QED) is 0.865. The van der Waals surface area contributed by atoms with Crippen molar-refractivity contribution >= 4 is 11.6 Å². The second-order valence-corrected chi connectivity index (χ2v) is 5.75. The van der Waals surface area contributed by atoms with Crippen molar-refractivity contribution in [2.45, 2.75) is 13.0 Å². The van der Waals surface area contributed by atoms with E-state index in [1.165, 1.54) is 0 Å². The Kier molecular flexibility index (Phi) is 6.32. The highest BCUT2D eigenvalue weighted by Gasteiger charge is 2.27. The second kappa shape index (κ2) is 8.02. The minimum absolute atomic E-state index is 0.0291. The van der Waals surface area contributed by atoms with E-state index < -0.39 is 0 Å². The maximum absolute atomic E-state index is 9.88. The number of rotatable bonds is 6. The molecule has 1 aromatic carbocycles. The summed E-state index contributed by atoms with van der Waals surface area (Å²) in [5.41, 5.74) is 0.881. The third-order valence-electron chi connectivity index (χ3n) is 4.34. The van der Waals surface area contributed by atoms with Crippen molar-refractivity contribution < 1.29 is 14.6 Å². The number of ether oxygens (including phenoxy) is 2. The molecule has 1 saturated heterocycles. The number of nitrogens with zero attached hydrogens (tertiary/aromatic N) is 2. The molecule has 2 rings (SSSR count). The van der Waals surface area contributed by atoms with Gasteiger partial charge in [0, 0.05) is 26.2 Å². The molecule has 0 bridgehead atoms. The molecule has 5 nitrogen and oxygen atoms in total. The van der Waals surface area contributed by atoms with Gasteiger partial charge in [0.2, 0.25) is 0 Å². The normalized spacial score (nSPS) is 18.2. The van der Waals surface area contributed by atoms with Crippen LogP contribution in [-0.4, -0.2) is 68.5 Å². The smallest absolute Gasteiger partial charge is 0.179 e. The van der Waals surface area contributed by atoms with Gasteiger partial charge in [-0.3, -0.25) is 4.90 Å². The lowest BCUT2D eigenvalue weighted by atomic mass is 10.0. The Morgan fingerprint density at radius 2 is 1.86 bits per heavy atom. The Hall–Kier alpha value is -1.01. The van der Waals surface area contributed by atoms with Crippen LogP contribution in [0, 0.1) is 0 Å². The van der Waals surface area contributed by atoms with Crippen molar-refractivity contribution in [3.05, 3.63) is 22.7 Å². The summed E-state index contributed by atoms with van der Waals surface area (Å²) < 4.78 is 10.6. The number of hydrogen-bond acceptors (Lipinski definition) is 5. The van der Waals surface area contributed by atoms with Crippen molar-refractivity contribution in [3.63, 3.8) is 0 Å². The Morgan fingerprint density at radius 3 is 2.36 bits per heavy atom. The van der Waals surface area contributed by atoms with Gasteiger partial charge in [0.05, 0.1) is 31.9 Å². The molecular formula is C16H25ClN2O3. The molecule has 0 radical (unpaired) electrons. The molecule has 1 atom stereocenters. The van der Waals surface area contributed by atoms with Crippen LogP contribution in [0.1, 0.15) is 18.5 Å². The van der Waals surface area contributed by atoms with Gasteiger partial charge in [-0.2, -0.15) is 0 Å². The minimum atomic E-state index is -0.119. The number of likely N-dealkylation sites (N-methyl/N-ethyl adjacent to an activating group) is 1. The highest BCUT2D eigenvalue weighted by molar-refractivity contribution is 6.33. The SMILES string of the molecule is CCN1CCN(C(CO)c2ccc(OC)c(OC)c2Cl)CC1. The van der Waals surface area contributed by atoms with Crippen LogP contribution < -0.4 is 9.47 Å². The summed E-state index contributed by atoms with van der Waals surface area (Å²) in [7, 11) is 3.16. The summed E-state index contributed by atoms with van der Waals surface area (Å²) in [6.45, 7) is 7.13. The lowest BCUT2D eigenvalue weighted by Gasteiger charge is -2.38. The molecule has 6 heteroatoms. The first-order chi connectivity index (χ1) is 10.7. The fourth-order valence-electron chi connectivity index (χ4n) is 2.96. The zero-order valence-corrected chi connectivity index (χ0v) is 14.3. The molecule has 1 heterocycles. The van der Waals surface area contributed by atoms with Crippen molar-refractivity contribution in [1.82, 2.24) is 9.80 Å². The average molecular weight is 329 g/mol. The number of methoxy groups -OCH3 is 2. The van der Waals surface area contributed by atoms with Crippen molar-refractivity contribution in [1.29, 1.82) is 0 Å². The third-order valence-corrected chi connectivity index (χ3v) is 4.73. The van der Waals surface area contributed by atoms with Crippen molar-refractivity contribution in [2.24, 2.45) is 0 Å². The molecule has 1 aromatic rings. The minimum Gasteiger partial charge on any atom is -0.493 e. The van der Waals surface area contributed by atoms with Gasteiger partial charge >= 0.3 is 0 Å². The van der Waals surface area contributed by atoms with Crippen LogP contribution in [0.15, 0.2) is 12.1 Å². The van der Waals surface area contributed by atoms with E-state index >= 15 is 0 Å². The predicted molar refractivity (Wildman–Crippen MR) is 88.1 cm³/mol. The van der Waals surface area contributed by atoms with E-state index in [1.54, 1.807) is 14.2 Å². The van der Waals surface area contributed by atoms with E-state index in [2.05, 4.69) is 16.7 Å². The molecule has 1 N–H and O–H groups in total. The van der Waals surface area contributed by atoms with E-state index in [0.29, 0.717) is 16.5 Å². The second-order valence-electron chi connectivity index (χ2n) is 5.37. The van der Waals surface area contributed by atoms with E-state index in [1.807, 2.05) is 12.1 Å². The van der Waals surface area contributed by atoms with E-state index in [0.717, 1.165) is 38.3 Å². The Morgan fingerprint density at radius 1 is 1.18 bits per heavy atom. The standard InChI is InChI=1S/C16H25ClN2O3/c1-4-18-7-9-19(10-8-18)13(11-20)12-5-6-14(21-2)16(22-3)15(12)17/h5-6,13,20H,4,7-11H2,1-3H3. The predicted octanol–water partition coefficient (Wildman–Crippen LogP) is 2.03. The highest BCUT2D eigenvalue weighted by atomic mass is 35.5. The fourth-order valence-corrected chi connectivity index (χ4v) is 3.32. The molecule has 1 aliphatic rings. The molecule has 0 aliphatic carbocycles. The highest BCUT2D eigenvalue weighted by Crippen LogP contribution is 2.40. The van der Waals surface area contributed by atoms with Gasteiger partial charge in [0.1, 0.15) is 0 Å². The molecular weight excluding hydrogens is 304 g/mol. The average Bonchev–Trinajstić information content (AvgIpc) is 2.57. The molecule has 124 valence electrons. The maximum Gasteiger partial charge on any atom is 0.179 e. The first-order valence-electron chi connectivity index (χ1n) is 7.63. The molecule has 1 fully saturated rings. The van der Waals surface area contributed by atoms with Crippen LogP contribution in [0.4, 0.5) is 0 Å². The van der Waals surface area contributed by atoms with Crippen molar-refractivity contribution in [3.8, 4) is 11.5 Å². The monoisotopic (exact) mass is 328 g/mol. The Labute approximate surface area is 137 Å². The molecule has 1 unspecified atom stereocenters. The van der Waals surface area contributed by atoms with Gasteiger partial charge < -0.3 is 19.5 Å². The number of aliphatic hydroxyl groups is 1. The van der Waals surface area contributed by atoms with Gasteiger partial charge in [0.25, 0.3) is 0 Å². The van der Waals surface area contributed by atoms with Gasteiger partial charge in [-0.15, -0.1) is 0 Å². The number of piperazine rings is 1. The lowest BCUT2D eigenvalue weighted by Crippen LogP contribution is -2.48. The van der Waals surface area contributed by atoms with E-state index in [4.69, 9.17) is 21.1 Å². The first kappa shape index (κ1) is 17.3. The van der Waals surface area contributed by atoms with Gasteiger partial charge in [-0.1, -0.05) is 24.6 Å². The topological polar surface area (TPSA) is 45.2 Å². The molecule has 22 heavy (non-hydrogen) atoms. The van der Waals surface area contributed by atoms with Crippen LogP contribution in [-0.2, 0) is 0 Å². The fraction of sp³-hybridized carbons (Fsp3) is 0.625. The number of halogens is 1. The van der Waals surface area contributed by atoms with Crippen LogP contribution in [0.3, 0.4) is 0 Å². The largest absolute Gasteiger partial charge is 0.493 e. The zero-order valence-electron chi connectivity index (χ0n) is 13.5. The molecule has 0 aromatic heterocycles. The Bertz CT molecular complexity index is 491. The summed E-state index contributed by atoms with van der Waals surface area (Å²) in [6, 6.07) is 3.63. The molecule has 0 saturated carbocycles. The van der Waals surface area contributed by atoms with E-state index in [9.17, 15) is 5.11 Å². The number of aliphatic hydroxyl groups excluding tert-OH is 1. The summed E-state index contributed by atoms with van der Waals surface area (Å²) in [5, 5.41) is 10.4. The summed E-state index contributed by atoms with van der Waals surface area (Å²) >= 11 is 6.49. The van der Waals surface area contributed by atoms with Gasteiger partial charge in [-0.25, -0.2) is 0 Å². The van der Waals surface area contributed by atoms with Gasteiger partial charge in [-0.05, 0) is 18.2 Å². The zero-order chi connectivity index (χ0) is 16.1. The Balaban J connectivity index is 2.24. The summed E-state index contributed by atoms with van der Waals surface area (Å²) in [4.78, 5) is 4.68. The van der Waals surface area contributed by atoms with Crippen LogP contribution in [0.25, 0.3) is 0 Å². The molecule has 1 aliphatic heterocycles. The molecule has 0 spiro atoms.